The van der Waals surface area contributed by atoms with Crippen LogP contribution in [0.5, 0.6) is 0 Å². The summed E-state index contributed by atoms with van der Waals surface area (Å²) in [6, 6.07) is 0.955. The molecular weight excluding hydrogens is 304 g/mol. The third-order valence-electron chi connectivity index (χ3n) is 2.18. The second kappa shape index (κ2) is 14.8. The van der Waals surface area contributed by atoms with Crippen LogP contribution in [0.2, 0.25) is 6.04 Å². The average Bonchev–Trinajstić information content (AvgIpc) is 2.29. The van der Waals surface area contributed by atoms with E-state index >= 15 is 0 Å². The number of hydrogen-bond acceptors (Lipinski definition) is 6. The molecule has 8 heteroatoms. The summed E-state index contributed by atoms with van der Waals surface area (Å²) in [6.07, 6.45) is 3.58. The molecule has 0 saturated carbocycles. The molecule has 0 bridgehead atoms. The zero-order valence-electron chi connectivity index (χ0n) is 12.3. The van der Waals surface area contributed by atoms with E-state index in [4.69, 9.17) is 22.0 Å². The van der Waals surface area contributed by atoms with Crippen LogP contribution in [-0.2, 0) is 38.3 Å². The third kappa shape index (κ3) is 14.6. The van der Waals surface area contributed by atoms with E-state index in [1.165, 1.54) is 12.8 Å². The fourth-order valence-corrected chi connectivity index (χ4v) is 4.28. The van der Waals surface area contributed by atoms with E-state index in [0.29, 0.717) is 19.8 Å². The minimum Gasteiger partial charge on any atom is -0.459 e. The van der Waals surface area contributed by atoms with Gasteiger partial charge in [0.1, 0.15) is 0 Å². The maximum Gasteiger partial charge on any atom is 0.500 e. The van der Waals surface area contributed by atoms with E-state index in [-0.39, 0.29) is 0 Å². The van der Waals surface area contributed by atoms with Crippen molar-refractivity contribution >= 4 is 29.6 Å². The van der Waals surface area contributed by atoms with Gasteiger partial charge in [0, 0.05) is 25.9 Å². The normalized spacial score (nSPS) is 11.3. The highest BCUT2D eigenvalue weighted by atomic mass is 32.8. The smallest absolute Gasteiger partial charge is 0.459 e. The van der Waals surface area contributed by atoms with E-state index in [1.54, 1.807) is 0 Å². The van der Waals surface area contributed by atoms with Crippen LogP contribution in [0.15, 0.2) is 0 Å². The summed E-state index contributed by atoms with van der Waals surface area (Å²) >= 11 is 3.65. The lowest BCUT2D eigenvalue weighted by molar-refractivity contribution is 0.0707. The van der Waals surface area contributed by atoms with Crippen LogP contribution in [0.3, 0.4) is 0 Å². The first kappa shape index (κ1) is 21.7. The fraction of sp³-hybridized carbons (Fsp3) is 1.00. The fourth-order valence-electron chi connectivity index (χ4n) is 1.59. The summed E-state index contributed by atoms with van der Waals surface area (Å²) in [6.45, 7) is 10.2. The molecule has 0 aromatic carbocycles. The molecule has 0 radical (unpaired) electrons. The van der Waals surface area contributed by atoms with Gasteiger partial charge in [0.25, 0.3) is 0 Å². The summed E-state index contributed by atoms with van der Waals surface area (Å²) in [5.74, 6) is 0. The Morgan fingerprint density at radius 3 is 1.63 bits per heavy atom. The van der Waals surface area contributed by atoms with Crippen molar-refractivity contribution in [3.8, 4) is 0 Å². The third-order valence-corrected chi connectivity index (χ3v) is 5.33. The van der Waals surface area contributed by atoms with Crippen LogP contribution in [-0.4, -0.2) is 33.2 Å². The van der Waals surface area contributed by atoms with Crippen LogP contribution in [0.4, 0.5) is 0 Å². The van der Waals surface area contributed by atoms with Crippen molar-refractivity contribution < 1.29 is 22.0 Å². The zero-order valence-corrected chi connectivity index (χ0v) is 15.0. The average molecular weight is 332 g/mol. The first-order valence-electron chi connectivity index (χ1n) is 6.68. The summed E-state index contributed by atoms with van der Waals surface area (Å²) in [5.41, 5.74) is 0. The van der Waals surface area contributed by atoms with E-state index in [2.05, 4.69) is 18.1 Å². The summed E-state index contributed by atoms with van der Waals surface area (Å²) in [7, 11) is -4.36. The Bertz CT molecular complexity index is 236. The largest absolute Gasteiger partial charge is 0.500 e. The molecule has 0 fully saturated rings. The Kier molecular flexibility index (Phi) is 17.0. The maximum atomic E-state index is 8.93. The van der Waals surface area contributed by atoms with E-state index in [9.17, 15) is 0 Å². The lowest BCUT2D eigenvalue weighted by Gasteiger charge is -2.28. The maximum absolute atomic E-state index is 8.93. The SMILES string of the molecule is CCCCC[Si](OCC)(OCC)OCC.O=[S-](O)=S. The quantitative estimate of drug-likeness (QED) is 0.287. The molecule has 0 saturated heterocycles. The van der Waals surface area contributed by atoms with Gasteiger partial charge in [-0.15, -0.1) is 0 Å². The van der Waals surface area contributed by atoms with Crippen molar-refractivity contribution in [1.82, 2.24) is 0 Å². The molecule has 0 aromatic heterocycles. The van der Waals surface area contributed by atoms with Crippen LogP contribution in [0.25, 0.3) is 0 Å². The molecule has 118 valence electrons. The summed E-state index contributed by atoms with van der Waals surface area (Å²) in [5, 5.41) is 0. The second-order valence-electron chi connectivity index (χ2n) is 3.66. The Morgan fingerprint density at radius 2 is 1.37 bits per heavy atom. The molecule has 0 aliphatic carbocycles. The van der Waals surface area contributed by atoms with Gasteiger partial charge in [-0.3, -0.25) is 0 Å². The Morgan fingerprint density at radius 1 is 1.00 bits per heavy atom. The van der Waals surface area contributed by atoms with Gasteiger partial charge in [-0.05, 0) is 27.2 Å². The first-order valence-corrected chi connectivity index (χ1v) is 10.6. The number of hydrogen-bond donors (Lipinski definition) is 1. The zero-order chi connectivity index (χ0) is 15.1. The van der Waals surface area contributed by atoms with Crippen molar-refractivity contribution in [1.29, 1.82) is 0 Å². The molecule has 19 heavy (non-hydrogen) atoms. The van der Waals surface area contributed by atoms with Gasteiger partial charge in [0.05, 0.1) is 0 Å². The Balaban J connectivity index is 0. The molecule has 0 rings (SSSR count). The van der Waals surface area contributed by atoms with Crippen LogP contribution >= 0.6 is 0 Å². The molecule has 0 aliphatic heterocycles. The lowest BCUT2D eigenvalue weighted by atomic mass is 10.3. The van der Waals surface area contributed by atoms with Crippen LogP contribution in [0, 0.1) is 0 Å². The highest BCUT2D eigenvalue weighted by Crippen LogP contribution is 2.19. The lowest BCUT2D eigenvalue weighted by Crippen LogP contribution is -2.45. The van der Waals surface area contributed by atoms with Crippen LogP contribution < -0.4 is 0 Å². The van der Waals surface area contributed by atoms with Gasteiger partial charge in [-0.2, -0.15) is 0 Å². The molecule has 5 nitrogen and oxygen atoms in total. The highest BCUT2D eigenvalue weighted by molar-refractivity contribution is 8.18. The van der Waals surface area contributed by atoms with Crippen molar-refractivity contribution in [3.05, 3.63) is 0 Å². The minimum absolute atomic E-state index is 0.679. The van der Waals surface area contributed by atoms with E-state index < -0.39 is 18.4 Å². The molecule has 0 spiro atoms. The topological polar surface area (TPSA) is 65.0 Å². The molecule has 0 unspecified atom stereocenters. The first-order chi connectivity index (χ1) is 8.97. The highest BCUT2D eigenvalue weighted by Gasteiger charge is 2.39. The van der Waals surface area contributed by atoms with Gasteiger partial charge in [-0.25, -0.2) is 11.2 Å². The molecule has 0 atom stereocenters. The molecule has 0 aromatic rings. The Hall–Kier alpha value is 0.427. The van der Waals surface area contributed by atoms with Crippen molar-refractivity contribution in [3.63, 3.8) is 0 Å². The van der Waals surface area contributed by atoms with Gasteiger partial charge in [0.15, 0.2) is 0 Å². The van der Waals surface area contributed by atoms with Crippen molar-refractivity contribution in [2.24, 2.45) is 0 Å². The molecule has 0 amide bonds. The predicted molar refractivity (Wildman–Crippen MR) is 83.0 cm³/mol. The standard InChI is InChI=1S/C11H26O3Si.HO2S2/c1-5-9-10-11-15(12-6-2,13-7-3)14-8-4;1-4(2)3/h5-11H2,1-4H3;(H,1,2,3)/q;-1. The predicted octanol–water partition coefficient (Wildman–Crippen LogP) is 3.11. The van der Waals surface area contributed by atoms with Crippen molar-refractivity contribution in [2.45, 2.75) is 53.0 Å². The van der Waals surface area contributed by atoms with Gasteiger partial charge in [0.2, 0.25) is 0 Å². The molecule has 0 heterocycles. The van der Waals surface area contributed by atoms with Gasteiger partial charge in [-0.1, -0.05) is 29.4 Å². The van der Waals surface area contributed by atoms with E-state index in [1.807, 2.05) is 20.8 Å². The Labute approximate surface area is 124 Å². The van der Waals surface area contributed by atoms with E-state index in [0.717, 1.165) is 12.5 Å². The minimum atomic E-state index is -2.33. The number of rotatable bonds is 10. The molecular formula is C11H27O5S2Si-. The van der Waals surface area contributed by atoms with Gasteiger partial charge < -0.3 is 22.0 Å². The molecule has 1 N–H and O–H groups in total. The summed E-state index contributed by atoms with van der Waals surface area (Å²) in [4.78, 5) is 0. The molecule has 0 aliphatic rings. The van der Waals surface area contributed by atoms with Gasteiger partial charge >= 0.3 is 8.80 Å². The second-order valence-corrected chi connectivity index (χ2v) is 7.68. The van der Waals surface area contributed by atoms with Crippen molar-refractivity contribution in [2.75, 3.05) is 19.8 Å². The monoisotopic (exact) mass is 331 g/mol. The summed E-state index contributed by atoms with van der Waals surface area (Å²) < 4.78 is 33.5. The number of unbranched alkanes of at least 4 members (excludes halogenated alkanes) is 2. The van der Waals surface area contributed by atoms with Crippen LogP contribution in [0.1, 0.15) is 47.0 Å².